The van der Waals surface area contributed by atoms with Crippen LogP contribution in [-0.4, -0.2) is 41.3 Å². The number of aryl methyl sites for hydroxylation is 3. The van der Waals surface area contributed by atoms with Crippen LogP contribution in [0.25, 0.3) is 0 Å². The highest BCUT2D eigenvalue weighted by Crippen LogP contribution is 2.35. The lowest BCUT2D eigenvalue weighted by Gasteiger charge is -2.14. The minimum atomic E-state index is -0.537. The van der Waals surface area contributed by atoms with E-state index in [0.29, 0.717) is 21.6 Å². The Hall–Kier alpha value is -2.51. The van der Waals surface area contributed by atoms with E-state index >= 15 is 0 Å². The number of nitrogens with zero attached hydrogens (tertiary/aromatic N) is 2. The highest BCUT2D eigenvalue weighted by Gasteiger charge is 2.37. The minimum absolute atomic E-state index is 0.0618. The molecule has 0 saturated carbocycles. The minimum Gasteiger partial charge on any atom is -0.494 e. The molecule has 1 N–H and O–H groups in total. The highest BCUT2D eigenvalue weighted by molar-refractivity contribution is 8.15. The zero-order valence-electron chi connectivity index (χ0n) is 17.6. The van der Waals surface area contributed by atoms with E-state index in [1.807, 2.05) is 32.9 Å². The Balaban J connectivity index is 1.75. The van der Waals surface area contributed by atoms with Crippen molar-refractivity contribution in [2.75, 3.05) is 19.5 Å². The molecule has 1 aliphatic rings. The summed E-state index contributed by atoms with van der Waals surface area (Å²) in [6.07, 6.45) is 0.0618. The molecule has 8 heteroatoms. The topological polar surface area (TPSA) is 71.0 Å². The van der Waals surface area contributed by atoms with Gasteiger partial charge in [0.15, 0.2) is 5.17 Å². The van der Waals surface area contributed by atoms with Crippen LogP contribution >= 0.6 is 23.4 Å². The maximum absolute atomic E-state index is 12.7. The number of thioether (sulfide) groups is 1. The zero-order valence-corrected chi connectivity index (χ0v) is 19.1. The average Bonchev–Trinajstić information content (AvgIpc) is 2.93. The maximum atomic E-state index is 12.7. The third-order valence-corrected chi connectivity index (χ3v) is 6.27. The highest BCUT2D eigenvalue weighted by atomic mass is 35.5. The smallest absolute Gasteiger partial charge is 0.242 e. The standard InChI is InChI=1S/C22H24ClN3O3S/c1-12-8-13(2)20(14(3)9-12)25-19(27)11-18-21(28)26(4)22(30-18)24-16-10-15(23)6-7-17(16)29-5/h6-10,18H,11H2,1-5H3,(H,25,27). The number of carbonyl (C=O) groups is 2. The van der Waals surface area contributed by atoms with Gasteiger partial charge >= 0.3 is 0 Å². The number of methoxy groups -OCH3 is 1. The summed E-state index contributed by atoms with van der Waals surface area (Å²) in [5, 5.41) is 3.44. The predicted molar refractivity (Wildman–Crippen MR) is 123 cm³/mol. The number of benzene rings is 2. The summed E-state index contributed by atoms with van der Waals surface area (Å²) in [5.74, 6) is 0.193. The number of amidine groups is 1. The summed E-state index contributed by atoms with van der Waals surface area (Å²) in [4.78, 5) is 31.3. The van der Waals surface area contributed by atoms with Gasteiger partial charge < -0.3 is 10.1 Å². The van der Waals surface area contributed by atoms with Gasteiger partial charge in [-0.3, -0.25) is 14.5 Å². The van der Waals surface area contributed by atoms with Crippen molar-refractivity contribution < 1.29 is 14.3 Å². The number of aliphatic imine (C=N–C) groups is 1. The molecule has 0 aliphatic carbocycles. The van der Waals surface area contributed by atoms with E-state index in [-0.39, 0.29) is 18.2 Å². The van der Waals surface area contributed by atoms with E-state index < -0.39 is 5.25 Å². The lowest BCUT2D eigenvalue weighted by molar-refractivity contribution is -0.127. The summed E-state index contributed by atoms with van der Waals surface area (Å²) >= 11 is 7.33. The molecular weight excluding hydrogens is 422 g/mol. The Morgan fingerprint density at radius 3 is 2.53 bits per heavy atom. The van der Waals surface area contributed by atoms with Crippen LogP contribution in [0.15, 0.2) is 35.3 Å². The second-order valence-electron chi connectivity index (χ2n) is 7.24. The number of halogens is 1. The molecule has 3 rings (SSSR count). The number of rotatable bonds is 5. The third-order valence-electron chi connectivity index (χ3n) is 4.81. The molecular formula is C22H24ClN3O3S. The van der Waals surface area contributed by atoms with E-state index in [4.69, 9.17) is 16.3 Å². The second-order valence-corrected chi connectivity index (χ2v) is 8.85. The van der Waals surface area contributed by atoms with Gasteiger partial charge in [-0.25, -0.2) is 4.99 Å². The Morgan fingerprint density at radius 2 is 1.90 bits per heavy atom. The molecule has 2 aromatic carbocycles. The number of hydrogen-bond acceptors (Lipinski definition) is 5. The van der Waals surface area contributed by atoms with E-state index in [9.17, 15) is 9.59 Å². The van der Waals surface area contributed by atoms with Gasteiger partial charge in [0.1, 0.15) is 16.7 Å². The van der Waals surface area contributed by atoms with Crippen molar-refractivity contribution in [1.82, 2.24) is 4.90 Å². The van der Waals surface area contributed by atoms with Crippen molar-refractivity contribution in [3.05, 3.63) is 52.0 Å². The van der Waals surface area contributed by atoms with Crippen molar-refractivity contribution in [2.45, 2.75) is 32.4 Å². The van der Waals surface area contributed by atoms with Gasteiger partial charge in [0.2, 0.25) is 11.8 Å². The predicted octanol–water partition coefficient (Wildman–Crippen LogP) is 4.86. The first-order valence-electron chi connectivity index (χ1n) is 9.43. The molecule has 1 unspecified atom stereocenters. The fourth-order valence-corrected chi connectivity index (χ4v) is 4.70. The molecule has 0 bridgehead atoms. The van der Waals surface area contributed by atoms with E-state index in [1.54, 1.807) is 32.4 Å². The summed E-state index contributed by atoms with van der Waals surface area (Å²) in [6, 6.07) is 9.16. The van der Waals surface area contributed by atoms with Crippen molar-refractivity contribution in [2.24, 2.45) is 4.99 Å². The monoisotopic (exact) mass is 445 g/mol. The SMILES string of the molecule is COc1ccc(Cl)cc1N=C1SC(CC(=O)Nc2c(C)cc(C)cc2C)C(=O)N1C. The van der Waals surface area contributed by atoms with E-state index in [0.717, 1.165) is 22.4 Å². The van der Waals surface area contributed by atoms with Crippen LogP contribution < -0.4 is 10.1 Å². The molecule has 0 aromatic heterocycles. The zero-order chi connectivity index (χ0) is 22.0. The van der Waals surface area contributed by atoms with Gasteiger partial charge in [-0.15, -0.1) is 0 Å². The number of nitrogens with one attached hydrogen (secondary N) is 1. The van der Waals surface area contributed by atoms with Gasteiger partial charge in [-0.2, -0.15) is 0 Å². The lowest BCUT2D eigenvalue weighted by atomic mass is 10.0. The Bertz CT molecular complexity index is 1020. The lowest BCUT2D eigenvalue weighted by Crippen LogP contribution is -2.30. The molecule has 1 heterocycles. The largest absolute Gasteiger partial charge is 0.494 e. The van der Waals surface area contributed by atoms with Crippen molar-refractivity contribution in [3.8, 4) is 5.75 Å². The number of hydrogen-bond donors (Lipinski definition) is 1. The Kier molecular flexibility index (Phi) is 6.73. The van der Waals surface area contributed by atoms with Gasteiger partial charge in [-0.05, 0) is 50.1 Å². The second kappa shape index (κ2) is 9.10. The van der Waals surface area contributed by atoms with Crippen LogP contribution in [0.1, 0.15) is 23.1 Å². The quantitative estimate of drug-likeness (QED) is 0.713. The summed E-state index contributed by atoms with van der Waals surface area (Å²) in [6.45, 7) is 5.94. The van der Waals surface area contributed by atoms with Crippen molar-refractivity contribution >= 4 is 51.7 Å². The number of anilines is 1. The Morgan fingerprint density at radius 1 is 1.23 bits per heavy atom. The molecule has 0 spiro atoms. The van der Waals surface area contributed by atoms with Gasteiger partial charge in [-0.1, -0.05) is 41.1 Å². The number of carbonyl (C=O) groups excluding carboxylic acids is 2. The molecule has 0 radical (unpaired) electrons. The van der Waals surface area contributed by atoms with Crippen LogP contribution in [0, 0.1) is 20.8 Å². The molecule has 1 aliphatic heterocycles. The van der Waals surface area contributed by atoms with Crippen LogP contribution in [0.5, 0.6) is 5.75 Å². The molecule has 1 atom stereocenters. The van der Waals surface area contributed by atoms with Gasteiger partial charge in [0, 0.05) is 24.2 Å². The summed E-state index contributed by atoms with van der Waals surface area (Å²) in [5.41, 5.74) is 4.47. The summed E-state index contributed by atoms with van der Waals surface area (Å²) < 4.78 is 5.32. The van der Waals surface area contributed by atoms with Crippen LogP contribution in [0.3, 0.4) is 0 Å². The molecule has 158 valence electrons. The van der Waals surface area contributed by atoms with Crippen LogP contribution in [-0.2, 0) is 9.59 Å². The first-order valence-corrected chi connectivity index (χ1v) is 10.7. The van der Waals surface area contributed by atoms with Crippen LogP contribution in [0.2, 0.25) is 5.02 Å². The summed E-state index contributed by atoms with van der Waals surface area (Å²) in [7, 11) is 3.20. The molecule has 1 fully saturated rings. The molecule has 2 amide bonds. The van der Waals surface area contributed by atoms with Crippen LogP contribution in [0.4, 0.5) is 11.4 Å². The van der Waals surface area contributed by atoms with Gasteiger partial charge in [0.05, 0.1) is 7.11 Å². The average molecular weight is 446 g/mol. The van der Waals surface area contributed by atoms with Gasteiger partial charge in [0.25, 0.3) is 0 Å². The Labute approximate surface area is 185 Å². The maximum Gasteiger partial charge on any atom is 0.242 e. The van der Waals surface area contributed by atoms with Crippen molar-refractivity contribution in [3.63, 3.8) is 0 Å². The molecule has 1 saturated heterocycles. The number of ether oxygens (including phenoxy) is 1. The van der Waals surface area contributed by atoms with E-state index in [1.165, 1.54) is 16.7 Å². The fourth-order valence-electron chi connectivity index (χ4n) is 3.39. The van der Waals surface area contributed by atoms with E-state index in [2.05, 4.69) is 10.3 Å². The van der Waals surface area contributed by atoms with Crippen molar-refractivity contribution in [1.29, 1.82) is 0 Å². The molecule has 2 aromatic rings. The molecule has 30 heavy (non-hydrogen) atoms. The third kappa shape index (κ3) is 4.79. The number of amides is 2. The first-order chi connectivity index (χ1) is 14.2. The fraction of sp³-hybridized carbons (Fsp3) is 0.318. The molecule has 6 nitrogen and oxygen atoms in total. The first kappa shape index (κ1) is 22.2. The normalized spacial score (nSPS) is 17.5.